The number of hydrogen-bond acceptors (Lipinski definition) is 2. The molecule has 1 aliphatic rings. The quantitative estimate of drug-likeness (QED) is 0.588. The zero-order chi connectivity index (χ0) is 17.6. The van der Waals surface area contributed by atoms with Gasteiger partial charge in [0.1, 0.15) is 0 Å². The molecule has 0 radical (unpaired) electrons. The van der Waals surface area contributed by atoms with E-state index in [-0.39, 0.29) is 22.9 Å². The minimum atomic E-state index is -0.149. The molecule has 0 spiro atoms. The van der Waals surface area contributed by atoms with Crippen LogP contribution in [0.2, 0.25) is 0 Å². The van der Waals surface area contributed by atoms with Gasteiger partial charge < -0.3 is 0 Å². The topological polar surface area (TPSA) is 34.1 Å². The highest BCUT2D eigenvalue weighted by Gasteiger charge is 2.32. The molecule has 1 unspecified atom stereocenters. The standard InChI is InChI=1S/C22H28O2/c1-4-5-13-22(16-20(23)18-9-7-6-8-10-18)14-11-19(12-15-22)21(24)17(2)3/h6-12,14,17H,4-5,13,15-16H2,1-3H3. The number of benzene rings is 1. The summed E-state index contributed by atoms with van der Waals surface area (Å²) in [5.41, 5.74) is 1.42. The van der Waals surface area contributed by atoms with E-state index in [1.54, 1.807) is 0 Å². The number of carbonyl (C=O) groups excluding carboxylic acids is 2. The van der Waals surface area contributed by atoms with Gasteiger partial charge in [0, 0.05) is 23.5 Å². The lowest BCUT2D eigenvalue weighted by atomic mass is 9.71. The van der Waals surface area contributed by atoms with Gasteiger partial charge in [0.05, 0.1) is 0 Å². The monoisotopic (exact) mass is 324 g/mol. The fraction of sp³-hybridized carbons (Fsp3) is 0.455. The Kier molecular flexibility index (Phi) is 6.30. The molecule has 1 aromatic rings. The fourth-order valence-corrected chi connectivity index (χ4v) is 3.21. The van der Waals surface area contributed by atoms with Crippen LogP contribution in [0, 0.1) is 11.3 Å². The lowest BCUT2D eigenvalue weighted by Gasteiger charge is -2.32. The lowest BCUT2D eigenvalue weighted by molar-refractivity contribution is -0.118. The van der Waals surface area contributed by atoms with Gasteiger partial charge in [-0.2, -0.15) is 0 Å². The maximum atomic E-state index is 12.7. The van der Waals surface area contributed by atoms with Crippen LogP contribution in [0.1, 0.15) is 63.2 Å². The van der Waals surface area contributed by atoms with Crippen LogP contribution < -0.4 is 0 Å². The van der Waals surface area contributed by atoms with Crippen molar-refractivity contribution in [3.8, 4) is 0 Å². The molecule has 2 heteroatoms. The molecule has 1 aliphatic carbocycles. The molecule has 24 heavy (non-hydrogen) atoms. The third kappa shape index (κ3) is 4.53. The Hall–Kier alpha value is -1.96. The van der Waals surface area contributed by atoms with Crippen molar-refractivity contribution in [1.82, 2.24) is 0 Å². The van der Waals surface area contributed by atoms with E-state index in [0.717, 1.165) is 36.8 Å². The maximum Gasteiger partial charge on any atom is 0.165 e. The summed E-state index contributed by atoms with van der Waals surface area (Å²) < 4.78 is 0. The molecule has 0 fully saturated rings. The molecular formula is C22H28O2. The van der Waals surface area contributed by atoms with Crippen molar-refractivity contribution in [3.63, 3.8) is 0 Å². The second-order valence-corrected chi connectivity index (χ2v) is 7.15. The highest BCUT2D eigenvalue weighted by atomic mass is 16.1. The molecular weight excluding hydrogens is 296 g/mol. The van der Waals surface area contributed by atoms with Crippen LogP contribution in [0.3, 0.4) is 0 Å². The first-order valence-corrected chi connectivity index (χ1v) is 8.99. The normalized spacial score (nSPS) is 20.1. The van der Waals surface area contributed by atoms with Crippen molar-refractivity contribution in [2.45, 2.75) is 52.9 Å². The highest BCUT2D eigenvalue weighted by Crippen LogP contribution is 2.40. The number of Topliss-reactive ketones (excluding diaryl/α,β-unsaturated/α-hetero) is 2. The van der Waals surface area contributed by atoms with Gasteiger partial charge in [-0.05, 0) is 18.3 Å². The zero-order valence-electron chi connectivity index (χ0n) is 15.0. The number of rotatable bonds is 8. The minimum Gasteiger partial charge on any atom is -0.294 e. The molecule has 2 rings (SSSR count). The average molecular weight is 324 g/mol. The first kappa shape index (κ1) is 18.4. The Balaban J connectivity index is 2.16. The van der Waals surface area contributed by atoms with E-state index in [2.05, 4.69) is 13.0 Å². The summed E-state index contributed by atoms with van der Waals surface area (Å²) >= 11 is 0. The third-order valence-electron chi connectivity index (χ3n) is 4.79. The summed E-state index contributed by atoms with van der Waals surface area (Å²) in [6, 6.07) is 9.50. The van der Waals surface area contributed by atoms with E-state index in [4.69, 9.17) is 0 Å². The van der Waals surface area contributed by atoms with Gasteiger partial charge in [0.25, 0.3) is 0 Å². The third-order valence-corrected chi connectivity index (χ3v) is 4.79. The Morgan fingerprint density at radius 2 is 1.88 bits per heavy atom. The van der Waals surface area contributed by atoms with Gasteiger partial charge in [-0.1, -0.05) is 82.2 Å². The number of hydrogen-bond donors (Lipinski definition) is 0. The van der Waals surface area contributed by atoms with Crippen molar-refractivity contribution in [2.24, 2.45) is 11.3 Å². The average Bonchev–Trinajstić information content (AvgIpc) is 2.60. The molecule has 0 bridgehead atoms. The van der Waals surface area contributed by atoms with Gasteiger partial charge in [-0.15, -0.1) is 0 Å². The van der Waals surface area contributed by atoms with Gasteiger partial charge >= 0.3 is 0 Å². The molecule has 128 valence electrons. The van der Waals surface area contributed by atoms with Crippen LogP contribution in [-0.4, -0.2) is 11.6 Å². The van der Waals surface area contributed by atoms with Crippen LogP contribution in [0.25, 0.3) is 0 Å². The molecule has 0 amide bonds. The van der Waals surface area contributed by atoms with E-state index in [1.807, 2.05) is 56.3 Å². The minimum absolute atomic E-state index is 0.00925. The summed E-state index contributed by atoms with van der Waals surface area (Å²) in [7, 11) is 0. The molecule has 2 nitrogen and oxygen atoms in total. The van der Waals surface area contributed by atoms with Crippen LogP contribution in [0.15, 0.2) is 54.1 Å². The van der Waals surface area contributed by atoms with Crippen LogP contribution in [0.5, 0.6) is 0 Å². The number of unbranched alkanes of at least 4 members (excludes halogenated alkanes) is 1. The van der Waals surface area contributed by atoms with Crippen molar-refractivity contribution >= 4 is 11.6 Å². The van der Waals surface area contributed by atoms with Gasteiger partial charge in [0.15, 0.2) is 11.6 Å². The first-order valence-electron chi connectivity index (χ1n) is 8.99. The molecule has 0 saturated carbocycles. The van der Waals surface area contributed by atoms with E-state index >= 15 is 0 Å². The fourth-order valence-electron chi connectivity index (χ4n) is 3.21. The summed E-state index contributed by atoms with van der Waals surface area (Å²) in [6.45, 7) is 6.02. The zero-order valence-corrected chi connectivity index (χ0v) is 15.0. The van der Waals surface area contributed by atoms with Gasteiger partial charge in [-0.3, -0.25) is 9.59 Å². The smallest absolute Gasteiger partial charge is 0.165 e. The Morgan fingerprint density at radius 1 is 1.17 bits per heavy atom. The number of ketones is 2. The largest absolute Gasteiger partial charge is 0.294 e. The first-order chi connectivity index (χ1) is 11.5. The predicted molar refractivity (Wildman–Crippen MR) is 99.0 cm³/mol. The van der Waals surface area contributed by atoms with Crippen LogP contribution >= 0.6 is 0 Å². The molecule has 1 atom stereocenters. The second-order valence-electron chi connectivity index (χ2n) is 7.15. The van der Waals surface area contributed by atoms with Crippen LogP contribution in [0.4, 0.5) is 0 Å². The summed E-state index contributed by atoms with van der Waals surface area (Å²) in [6.07, 6.45) is 10.6. The molecule has 0 aromatic heterocycles. The summed E-state index contributed by atoms with van der Waals surface area (Å²) in [4.78, 5) is 24.9. The Morgan fingerprint density at radius 3 is 2.42 bits per heavy atom. The molecule has 0 aliphatic heterocycles. The number of carbonyl (C=O) groups is 2. The van der Waals surface area contributed by atoms with E-state index in [0.29, 0.717) is 6.42 Å². The highest BCUT2D eigenvalue weighted by molar-refractivity contribution is 6.00. The summed E-state index contributed by atoms with van der Waals surface area (Å²) in [5.74, 6) is 0.378. The Bertz CT molecular complexity index is 637. The lowest BCUT2D eigenvalue weighted by Crippen LogP contribution is -2.25. The van der Waals surface area contributed by atoms with E-state index in [9.17, 15) is 9.59 Å². The molecule has 1 aromatic carbocycles. The second kappa shape index (κ2) is 8.23. The Labute approximate surface area is 145 Å². The van der Waals surface area contributed by atoms with E-state index < -0.39 is 0 Å². The van der Waals surface area contributed by atoms with Crippen molar-refractivity contribution in [1.29, 1.82) is 0 Å². The van der Waals surface area contributed by atoms with Crippen molar-refractivity contribution in [2.75, 3.05) is 0 Å². The predicted octanol–water partition coefficient (Wildman–Crippen LogP) is 5.55. The van der Waals surface area contributed by atoms with E-state index in [1.165, 1.54) is 0 Å². The van der Waals surface area contributed by atoms with Crippen molar-refractivity contribution in [3.05, 3.63) is 59.7 Å². The number of allylic oxidation sites excluding steroid dienone is 4. The maximum absolute atomic E-state index is 12.7. The van der Waals surface area contributed by atoms with Gasteiger partial charge in [0.2, 0.25) is 0 Å². The SMILES string of the molecule is CCCCC1(CC(=O)c2ccccc2)C=CC(C(=O)C(C)C)=CC1. The molecule has 0 N–H and O–H groups in total. The van der Waals surface area contributed by atoms with Gasteiger partial charge in [-0.25, -0.2) is 0 Å². The van der Waals surface area contributed by atoms with Crippen LogP contribution in [-0.2, 0) is 4.79 Å². The molecule has 0 heterocycles. The summed E-state index contributed by atoms with van der Waals surface area (Å²) in [5, 5.41) is 0. The molecule has 0 saturated heterocycles. The van der Waals surface area contributed by atoms with Crippen molar-refractivity contribution < 1.29 is 9.59 Å².